The minimum absolute atomic E-state index is 0.0838. The maximum atomic E-state index is 12.4. The molecule has 4 nitrogen and oxygen atoms in total. The molecule has 0 saturated carbocycles. The van der Waals surface area contributed by atoms with Gasteiger partial charge in [0, 0.05) is 13.1 Å². The van der Waals surface area contributed by atoms with Gasteiger partial charge in [0.2, 0.25) is 5.91 Å². The van der Waals surface area contributed by atoms with Crippen LogP contribution in [-0.2, 0) is 11.2 Å². The fraction of sp³-hybridized carbons (Fsp3) is 0.588. The Balaban J connectivity index is 1.81. The maximum Gasteiger partial charge on any atom is 0.239 e. The number of carbonyl (C=O) groups is 1. The van der Waals surface area contributed by atoms with E-state index in [1.807, 2.05) is 30.1 Å². The van der Waals surface area contributed by atoms with E-state index < -0.39 is 6.04 Å². The Morgan fingerprint density at radius 1 is 1.33 bits per heavy atom. The molecule has 1 aliphatic rings. The molecular formula is C17H27N3O. The summed E-state index contributed by atoms with van der Waals surface area (Å²) in [4.78, 5) is 16.6. The molecule has 0 aromatic heterocycles. The van der Waals surface area contributed by atoms with Gasteiger partial charge >= 0.3 is 0 Å². The lowest BCUT2D eigenvalue weighted by Crippen LogP contribution is -2.50. The fourth-order valence-electron chi connectivity index (χ4n) is 2.91. The lowest BCUT2D eigenvalue weighted by molar-refractivity contribution is -0.134. The number of nitrogens with two attached hydrogens (primary N) is 1. The van der Waals surface area contributed by atoms with Crippen LogP contribution in [0.5, 0.6) is 0 Å². The van der Waals surface area contributed by atoms with Crippen LogP contribution in [0.2, 0.25) is 0 Å². The van der Waals surface area contributed by atoms with E-state index in [9.17, 15) is 4.79 Å². The second-order valence-corrected chi connectivity index (χ2v) is 6.11. The summed E-state index contributed by atoms with van der Waals surface area (Å²) in [5.41, 5.74) is 7.34. The Labute approximate surface area is 127 Å². The number of rotatable bonds is 5. The van der Waals surface area contributed by atoms with Crippen LogP contribution in [0.25, 0.3) is 0 Å². The SMILES string of the molecule is CN1CCC(N(C)C(=O)[C@@H](N)CCc2ccccc2)CC1. The molecule has 1 atom stereocenters. The quantitative estimate of drug-likeness (QED) is 0.893. The molecule has 0 spiro atoms. The van der Waals surface area contributed by atoms with E-state index in [0.29, 0.717) is 12.5 Å². The number of aryl methyl sites for hydroxylation is 1. The van der Waals surface area contributed by atoms with E-state index in [1.165, 1.54) is 5.56 Å². The Morgan fingerprint density at radius 2 is 1.95 bits per heavy atom. The second kappa shape index (κ2) is 7.57. The van der Waals surface area contributed by atoms with E-state index in [4.69, 9.17) is 5.73 Å². The summed E-state index contributed by atoms with van der Waals surface area (Å²) >= 11 is 0. The summed E-state index contributed by atoms with van der Waals surface area (Å²) in [6.45, 7) is 2.11. The summed E-state index contributed by atoms with van der Waals surface area (Å²) in [7, 11) is 4.03. The van der Waals surface area contributed by atoms with Gasteiger partial charge in [-0.1, -0.05) is 30.3 Å². The lowest BCUT2D eigenvalue weighted by atomic mass is 10.0. The van der Waals surface area contributed by atoms with Crippen molar-refractivity contribution in [2.75, 3.05) is 27.2 Å². The molecule has 2 rings (SSSR count). The van der Waals surface area contributed by atoms with Crippen LogP contribution in [0, 0.1) is 0 Å². The third-order valence-electron chi connectivity index (χ3n) is 4.49. The Kier molecular flexibility index (Phi) is 5.76. The van der Waals surface area contributed by atoms with E-state index in [-0.39, 0.29) is 5.91 Å². The summed E-state index contributed by atoms with van der Waals surface area (Å²) < 4.78 is 0. The van der Waals surface area contributed by atoms with Crippen molar-refractivity contribution in [2.24, 2.45) is 5.73 Å². The monoisotopic (exact) mass is 289 g/mol. The van der Waals surface area contributed by atoms with Crippen molar-refractivity contribution >= 4 is 5.91 Å². The van der Waals surface area contributed by atoms with Crippen molar-refractivity contribution in [3.05, 3.63) is 35.9 Å². The van der Waals surface area contributed by atoms with E-state index in [0.717, 1.165) is 32.4 Å². The Hall–Kier alpha value is -1.39. The van der Waals surface area contributed by atoms with Crippen LogP contribution >= 0.6 is 0 Å². The van der Waals surface area contributed by atoms with Crippen LogP contribution in [-0.4, -0.2) is 55.0 Å². The van der Waals surface area contributed by atoms with E-state index in [1.54, 1.807) is 0 Å². The number of carbonyl (C=O) groups excluding carboxylic acids is 1. The highest BCUT2D eigenvalue weighted by Crippen LogP contribution is 2.15. The van der Waals surface area contributed by atoms with Crippen molar-refractivity contribution in [1.82, 2.24) is 9.80 Å². The molecule has 1 heterocycles. The first kappa shape index (κ1) is 16.0. The highest BCUT2D eigenvalue weighted by molar-refractivity contribution is 5.81. The molecule has 0 bridgehead atoms. The van der Waals surface area contributed by atoms with Crippen LogP contribution in [0.1, 0.15) is 24.8 Å². The molecule has 0 radical (unpaired) electrons. The molecule has 116 valence electrons. The highest BCUT2D eigenvalue weighted by atomic mass is 16.2. The normalized spacial score (nSPS) is 18.4. The lowest BCUT2D eigenvalue weighted by Gasteiger charge is -2.36. The minimum atomic E-state index is -0.394. The number of benzene rings is 1. The summed E-state index contributed by atoms with van der Waals surface area (Å²) in [5, 5.41) is 0. The van der Waals surface area contributed by atoms with Crippen molar-refractivity contribution < 1.29 is 4.79 Å². The molecule has 0 unspecified atom stereocenters. The first-order valence-electron chi connectivity index (χ1n) is 7.82. The molecule has 1 amide bonds. The van der Waals surface area contributed by atoms with Gasteiger partial charge in [0.25, 0.3) is 0 Å². The number of hydrogen-bond acceptors (Lipinski definition) is 3. The molecule has 1 aromatic rings. The first-order valence-corrected chi connectivity index (χ1v) is 7.82. The summed E-state index contributed by atoms with van der Waals surface area (Å²) in [5.74, 6) is 0.0838. The van der Waals surface area contributed by atoms with Gasteiger partial charge in [0.05, 0.1) is 6.04 Å². The van der Waals surface area contributed by atoms with E-state index >= 15 is 0 Å². The highest BCUT2D eigenvalue weighted by Gasteiger charge is 2.26. The van der Waals surface area contributed by atoms with Gasteiger partial charge in [-0.3, -0.25) is 4.79 Å². The van der Waals surface area contributed by atoms with Gasteiger partial charge in [0.1, 0.15) is 0 Å². The molecule has 1 aromatic carbocycles. The third-order valence-corrected chi connectivity index (χ3v) is 4.49. The van der Waals surface area contributed by atoms with Crippen molar-refractivity contribution in [3.63, 3.8) is 0 Å². The van der Waals surface area contributed by atoms with Crippen LogP contribution < -0.4 is 5.73 Å². The molecular weight excluding hydrogens is 262 g/mol. The smallest absolute Gasteiger partial charge is 0.239 e. The number of likely N-dealkylation sites (tertiary alicyclic amines) is 1. The van der Waals surface area contributed by atoms with E-state index in [2.05, 4.69) is 24.1 Å². The van der Waals surface area contributed by atoms with Crippen molar-refractivity contribution in [2.45, 2.75) is 37.8 Å². The van der Waals surface area contributed by atoms with Crippen LogP contribution in [0.3, 0.4) is 0 Å². The topological polar surface area (TPSA) is 49.6 Å². The summed E-state index contributed by atoms with van der Waals surface area (Å²) in [6.07, 6.45) is 3.66. The second-order valence-electron chi connectivity index (χ2n) is 6.11. The molecule has 1 fully saturated rings. The van der Waals surface area contributed by atoms with Crippen molar-refractivity contribution in [1.29, 1.82) is 0 Å². The van der Waals surface area contributed by atoms with Crippen molar-refractivity contribution in [3.8, 4) is 0 Å². The van der Waals surface area contributed by atoms with Gasteiger partial charge in [-0.05, 0) is 51.4 Å². The van der Waals surface area contributed by atoms with Gasteiger partial charge in [-0.15, -0.1) is 0 Å². The van der Waals surface area contributed by atoms with Crippen LogP contribution in [0.15, 0.2) is 30.3 Å². The van der Waals surface area contributed by atoms with Crippen LogP contribution in [0.4, 0.5) is 0 Å². The summed E-state index contributed by atoms with van der Waals surface area (Å²) in [6, 6.07) is 10.2. The number of hydrogen-bond donors (Lipinski definition) is 1. The molecule has 1 aliphatic heterocycles. The zero-order chi connectivity index (χ0) is 15.2. The van der Waals surface area contributed by atoms with Gasteiger partial charge in [-0.25, -0.2) is 0 Å². The number of piperidine rings is 1. The molecule has 21 heavy (non-hydrogen) atoms. The molecule has 1 saturated heterocycles. The number of nitrogens with zero attached hydrogens (tertiary/aromatic N) is 2. The predicted molar refractivity (Wildman–Crippen MR) is 86.0 cm³/mol. The Morgan fingerprint density at radius 3 is 2.57 bits per heavy atom. The minimum Gasteiger partial charge on any atom is -0.341 e. The molecule has 2 N–H and O–H groups in total. The maximum absolute atomic E-state index is 12.4. The Bertz CT molecular complexity index is 441. The third kappa shape index (κ3) is 4.55. The zero-order valence-corrected chi connectivity index (χ0v) is 13.2. The standard InChI is InChI=1S/C17H27N3O/c1-19-12-10-15(11-13-19)20(2)17(21)16(18)9-8-14-6-4-3-5-7-14/h3-7,15-16H,8-13,18H2,1-2H3/t16-/m0/s1. The molecule has 4 heteroatoms. The zero-order valence-electron chi connectivity index (χ0n) is 13.2. The first-order chi connectivity index (χ1) is 10.1. The molecule has 0 aliphatic carbocycles. The average Bonchev–Trinajstić information content (AvgIpc) is 2.53. The predicted octanol–water partition coefficient (Wildman–Crippen LogP) is 1.50. The number of amides is 1. The average molecular weight is 289 g/mol. The van der Waals surface area contributed by atoms with Gasteiger partial charge < -0.3 is 15.5 Å². The van der Waals surface area contributed by atoms with Gasteiger partial charge in [0.15, 0.2) is 0 Å². The van der Waals surface area contributed by atoms with Gasteiger partial charge in [-0.2, -0.15) is 0 Å². The largest absolute Gasteiger partial charge is 0.341 e. The fourth-order valence-corrected chi connectivity index (χ4v) is 2.91. The number of likely N-dealkylation sites (N-methyl/N-ethyl adjacent to an activating group) is 1.